The highest BCUT2D eigenvalue weighted by atomic mass is 31.2. The van der Waals surface area contributed by atoms with Crippen LogP contribution in [0.3, 0.4) is 0 Å². The topological polar surface area (TPSA) is 52.6 Å². The van der Waals surface area contributed by atoms with E-state index in [4.69, 9.17) is 9.47 Å². The molecule has 0 fully saturated rings. The SMILES string of the molecule is CCOC(=O)CC(c1ccc(OCC)cc1)P(=O)(c1ccc(C)cc1)c1ccc(C)cc1. The lowest BCUT2D eigenvalue weighted by Crippen LogP contribution is -2.24. The standard InChI is InChI=1S/C27H31O4P/c1-5-30-23-13-11-22(12-14-23)26(19-27(28)31-6-2)32(29,24-15-7-20(3)8-16-24)25-17-9-21(4)10-18-25/h7-18,26H,5-6,19H2,1-4H3. The molecule has 4 nitrogen and oxygen atoms in total. The van der Waals surface area contributed by atoms with Crippen molar-refractivity contribution in [3.8, 4) is 5.75 Å². The van der Waals surface area contributed by atoms with Crippen LogP contribution < -0.4 is 15.3 Å². The van der Waals surface area contributed by atoms with Gasteiger partial charge in [-0.05, 0) is 45.4 Å². The predicted octanol–water partition coefficient (Wildman–Crippen LogP) is 5.71. The second kappa shape index (κ2) is 10.7. The monoisotopic (exact) mass is 450 g/mol. The fourth-order valence-corrected chi connectivity index (χ4v) is 7.03. The summed E-state index contributed by atoms with van der Waals surface area (Å²) in [5.41, 5.74) is 2.45. The summed E-state index contributed by atoms with van der Waals surface area (Å²) in [6.45, 7) is 8.57. The molecule has 0 amide bonds. The van der Waals surface area contributed by atoms with Crippen molar-refractivity contribution in [2.24, 2.45) is 0 Å². The van der Waals surface area contributed by atoms with E-state index in [1.54, 1.807) is 6.92 Å². The highest BCUT2D eigenvalue weighted by molar-refractivity contribution is 7.79. The van der Waals surface area contributed by atoms with Gasteiger partial charge in [-0.2, -0.15) is 0 Å². The highest BCUT2D eigenvalue weighted by Gasteiger charge is 2.39. The molecule has 0 aliphatic heterocycles. The van der Waals surface area contributed by atoms with Crippen LogP contribution in [-0.4, -0.2) is 19.2 Å². The van der Waals surface area contributed by atoms with E-state index in [1.165, 1.54) is 0 Å². The Morgan fingerprint density at radius 1 is 0.781 bits per heavy atom. The Labute approximate surface area is 191 Å². The number of hydrogen-bond acceptors (Lipinski definition) is 4. The number of carbonyl (C=O) groups excluding carboxylic acids is 1. The number of aryl methyl sites for hydroxylation is 2. The number of esters is 1. The Hall–Kier alpha value is -2.84. The van der Waals surface area contributed by atoms with E-state index in [0.29, 0.717) is 6.61 Å². The van der Waals surface area contributed by atoms with Gasteiger partial charge < -0.3 is 14.0 Å². The third kappa shape index (κ3) is 5.31. The summed E-state index contributed by atoms with van der Waals surface area (Å²) < 4.78 is 25.9. The number of ether oxygens (including phenoxy) is 2. The molecule has 0 heterocycles. The summed E-state index contributed by atoms with van der Waals surface area (Å²) in [6, 6.07) is 23.1. The second-order valence-corrected chi connectivity index (χ2v) is 10.8. The van der Waals surface area contributed by atoms with Crippen LogP contribution in [0.25, 0.3) is 0 Å². The molecule has 1 unspecified atom stereocenters. The van der Waals surface area contributed by atoms with Crippen LogP contribution >= 0.6 is 7.14 Å². The van der Waals surface area contributed by atoms with Gasteiger partial charge in [-0.25, -0.2) is 0 Å². The molecule has 0 N–H and O–H groups in total. The van der Waals surface area contributed by atoms with E-state index < -0.39 is 12.8 Å². The molecule has 3 rings (SSSR count). The summed E-state index contributed by atoms with van der Waals surface area (Å²) in [7, 11) is -3.25. The van der Waals surface area contributed by atoms with Gasteiger partial charge in [0.2, 0.25) is 0 Å². The Kier molecular flexibility index (Phi) is 7.93. The summed E-state index contributed by atoms with van der Waals surface area (Å²) >= 11 is 0. The van der Waals surface area contributed by atoms with Gasteiger partial charge in [0.05, 0.1) is 25.3 Å². The molecule has 168 valence electrons. The number of rotatable bonds is 9. The van der Waals surface area contributed by atoms with Crippen LogP contribution in [0.4, 0.5) is 0 Å². The Balaban J connectivity index is 2.19. The fourth-order valence-electron chi connectivity index (χ4n) is 3.83. The van der Waals surface area contributed by atoms with Crippen molar-refractivity contribution in [2.75, 3.05) is 13.2 Å². The van der Waals surface area contributed by atoms with Gasteiger partial charge in [-0.3, -0.25) is 4.79 Å². The van der Waals surface area contributed by atoms with E-state index in [9.17, 15) is 4.79 Å². The second-order valence-electron chi connectivity index (χ2n) is 7.86. The maximum Gasteiger partial charge on any atom is 0.306 e. The normalized spacial score (nSPS) is 12.2. The molecule has 3 aromatic rings. The Morgan fingerprint density at radius 3 is 1.72 bits per heavy atom. The number of benzene rings is 3. The predicted molar refractivity (Wildman–Crippen MR) is 131 cm³/mol. The minimum absolute atomic E-state index is 0.0286. The summed E-state index contributed by atoms with van der Waals surface area (Å²) in [4.78, 5) is 12.6. The van der Waals surface area contributed by atoms with Crippen LogP contribution in [-0.2, 0) is 14.1 Å². The van der Waals surface area contributed by atoms with Gasteiger partial charge in [-0.15, -0.1) is 0 Å². The zero-order valence-corrected chi connectivity index (χ0v) is 20.1. The quantitative estimate of drug-likeness (QED) is 0.310. The molecule has 32 heavy (non-hydrogen) atoms. The molecule has 5 heteroatoms. The molecule has 1 atom stereocenters. The van der Waals surface area contributed by atoms with Crippen LogP contribution in [0.1, 0.15) is 42.6 Å². The van der Waals surface area contributed by atoms with E-state index in [-0.39, 0.29) is 19.0 Å². The lowest BCUT2D eigenvalue weighted by molar-refractivity contribution is -0.143. The van der Waals surface area contributed by atoms with Gasteiger partial charge in [0.1, 0.15) is 5.75 Å². The minimum atomic E-state index is -3.25. The molecule has 3 aromatic carbocycles. The molecule has 0 spiro atoms. The van der Waals surface area contributed by atoms with Gasteiger partial charge >= 0.3 is 5.97 Å². The first-order chi connectivity index (χ1) is 15.4. The first-order valence-corrected chi connectivity index (χ1v) is 12.8. The first kappa shape index (κ1) is 23.8. The first-order valence-electron chi connectivity index (χ1n) is 11.0. The summed E-state index contributed by atoms with van der Waals surface area (Å²) in [5, 5.41) is 1.46. The molecule has 0 radical (unpaired) electrons. The van der Waals surface area contributed by atoms with Gasteiger partial charge in [0, 0.05) is 10.6 Å². The molecular weight excluding hydrogens is 419 g/mol. The molecule has 0 bridgehead atoms. The largest absolute Gasteiger partial charge is 0.494 e. The average molecular weight is 451 g/mol. The van der Waals surface area contributed by atoms with Crippen LogP contribution in [0.15, 0.2) is 72.8 Å². The maximum atomic E-state index is 15.1. The molecular formula is C27H31O4P. The van der Waals surface area contributed by atoms with E-state index >= 15 is 4.57 Å². The number of carbonyl (C=O) groups is 1. The van der Waals surface area contributed by atoms with Crippen molar-refractivity contribution in [2.45, 2.75) is 39.8 Å². The van der Waals surface area contributed by atoms with Crippen molar-refractivity contribution < 1.29 is 18.8 Å². The van der Waals surface area contributed by atoms with E-state index in [1.807, 2.05) is 93.6 Å². The van der Waals surface area contributed by atoms with Crippen molar-refractivity contribution in [3.63, 3.8) is 0 Å². The summed E-state index contributed by atoms with van der Waals surface area (Å²) in [6.07, 6.45) is 0.0286. The van der Waals surface area contributed by atoms with E-state index in [0.717, 1.165) is 33.0 Å². The average Bonchev–Trinajstić information content (AvgIpc) is 2.79. The molecule has 0 aliphatic rings. The number of hydrogen-bond donors (Lipinski definition) is 0. The van der Waals surface area contributed by atoms with Gasteiger partial charge in [0.25, 0.3) is 0 Å². The fraction of sp³-hybridized carbons (Fsp3) is 0.296. The molecule has 0 saturated heterocycles. The smallest absolute Gasteiger partial charge is 0.306 e. The zero-order valence-electron chi connectivity index (χ0n) is 19.2. The lowest BCUT2D eigenvalue weighted by atomic mass is 10.1. The van der Waals surface area contributed by atoms with E-state index in [2.05, 4.69) is 0 Å². The van der Waals surface area contributed by atoms with Crippen molar-refractivity contribution in [1.82, 2.24) is 0 Å². The van der Waals surface area contributed by atoms with Crippen molar-refractivity contribution in [3.05, 3.63) is 89.5 Å². The third-order valence-corrected chi connectivity index (χ3v) is 9.00. The molecule has 0 aliphatic carbocycles. The van der Waals surface area contributed by atoms with Crippen LogP contribution in [0.5, 0.6) is 5.75 Å². The van der Waals surface area contributed by atoms with Crippen LogP contribution in [0, 0.1) is 13.8 Å². The Morgan fingerprint density at radius 2 is 1.28 bits per heavy atom. The molecule has 0 saturated carbocycles. The summed E-state index contributed by atoms with van der Waals surface area (Å²) in [5.74, 6) is 0.387. The Bertz CT molecular complexity index is 1020. The van der Waals surface area contributed by atoms with Crippen LogP contribution in [0.2, 0.25) is 0 Å². The van der Waals surface area contributed by atoms with Gasteiger partial charge in [-0.1, -0.05) is 71.8 Å². The lowest BCUT2D eigenvalue weighted by Gasteiger charge is -2.29. The highest BCUT2D eigenvalue weighted by Crippen LogP contribution is 2.59. The van der Waals surface area contributed by atoms with Crippen molar-refractivity contribution >= 4 is 23.7 Å². The zero-order chi connectivity index (χ0) is 23.1. The van der Waals surface area contributed by atoms with Crippen molar-refractivity contribution in [1.29, 1.82) is 0 Å². The third-order valence-electron chi connectivity index (χ3n) is 5.52. The van der Waals surface area contributed by atoms with Gasteiger partial charge in [0.15, 0.2) is 7.14 Å². The molecule has 0 aromatic heterocycles. The minimum Gasteiger partial charge on any atom is -0.494 e. The maximum absolute atomic E-state index is 15.1.